The molecule has 0 saturated heterocycles. The lowest BCUT2D eigenvalue weighted by Crippen LogP contribution is -2.18. The molecule has 0 aliphatic carbocycles. The highest BCUT2D eigenvalue weighted by atomic mass is 16.5. The molecule has 14 heavy (non-hydrogen) atoms. The minimum absolute atomic E-state index is 0.0807. The van der Waals surface area contributed by atoms with E-state index in [1.165, 1.54) is 19.3 Å². The van der Waals surface area contributed by atoms with Gasteiger partial charge in [0.1, 0.15) is 0 Å². The van der Waals surface area contributed by atoms with Crippen LogP contribution >= 0.6 is 0 Å². The predicted molar refractivity (Wildman–Crippen MR) is 58.3 cm³/mol. The topological polar surface area (TPSA) is 38.3 Å². The minimum atomic E-state index is -0.0807. The van der Waals surface area contributed by atoms with Gasteiger partial charge in [0, 0.05) is 6.42 Å². The quantitative estimate of drug-likeness (QED) is 0.458. The Labute approximate surface area is 87.2 Å². The van der Waals surface area contributed by atoms with Gasteiger partial charge < -0.3 is 10.1 Å². The molecule has 0 aromatic rings. The molecule has 0 saturated carbocycles. The van der Waals surface area contributed by atoms with Gasteiger partial charge in [0.05, 0.1) is 6.61 Å². The largest absolute Gasteiger partial charge is 0.466 e. The van der Waals surface area contributed by atoms with Crippen LogP contribution in [0.3, 0.4) is 0 Å². The average Bonchev–Trinajstić information content (AvgIpc) is 2.17. The van der Waals surface area contributed by atoms with Gasteiger partial charge >= 0.3 is 5.97 Å². The third-order valence-electron chi connectivity index (χ3n) is 2.00. The molecule has 0 amide bonds. The van der Waals surface area contributed by atoms with Crippen LogP contribution in [0, 0.1) is 0 Å². The highest BCUT2D eigenvalue weighted by molar-refractivity contribution is 5.69. The van der Waals surface area contributed by atoms with Gasteiger partial charge in [0.2, 0.25) is 0 Å². The molecule has 0 aliphatic rings. The fourth-order valence-electron chi connectivity index (χ4n) is 1.22. The van der Waals surface area contributed by atoms with E-state index in [1.807, 2.05) is 6.92 Å². The Morgan fingerprint density at radius 1 is 1.14 bits per heavy atom. The van der Waals surface area contributed by atoms with Gasteiger partial charge in [0.25, 0.3) is 0 Å². The lowest BCUT2D eigenvalue weighted by molar-refractivity contribution is -0.143. The van der Waals surface area contributed by atoms with Gasteiger partial charge in [-0.25, -0.2) is 0 Å². The van der Waals surface area contributed by atoms with Gasteiger partial charge in [-0.3, -0.25) is 4.79 Å². The summed E-state index contributed by atoms with van der Waals surface area (Å²) in [5.41, 5.74) is 0. The number of carbonyl (C=O) groups is 1. The first-order chi connectivity index (χ1) is 6.81. The van der Waals surface area contributed by atoms with Crippen molar-refractivity contribution in [2.24, 2.45) is 0 Å². The molecular formula is C11H23NO2. The first-order valence-electron chi connectivity index (χ1n) is 5.67. The summed E-state index contributed by atoms with van der Waals surface area (Å²) in [4.78, 5) is 10.9. The number of carbonyl (C=O) groups excluding carboxylic acids is 1. The molecule has 0 aliphatic heterocycles. The van der Waals surface area contributed by atoms with E-state index in [9.17, 15) is 4.79 Å². The van der Waals surface area contributed by atoms with E-state index in [0.717, 1.165) is 19.5 Å². The van der Waals surface area contributed by atoms with Crippen LogP contribution in [0.1, 0.15) is 46.0 Å². The van der Waals surface area contributed by atoms with E-state index in [-0.39, 0.29) is 5.97 Å². The Bertz CT molecular complexity index is 137. The summed E-state index contributed by atoms with van der Waals surface area (Å²) in [6.45, 7) is 6.50. The minimum Gasteiger partial charge on any atom is -0.466 e. The van der Waals surface area contributed by atoms with Crippen molar-refractivity contribution in [3.8, 4) is 0 Å². The van der Waals surface area contributed by atoms with Crippen molar-refractivity contribution in [1.29, 1.82) is 0 Å². The number of hydrogen-bond donors (Lipinski definition) is 1. The molecule has 0 rings (SSSR count). The lowest BCUT2D eigenvalue weighted by atomic mass is 10.2. The predicted octanol–water partition coefficient (Wildman–Crippen LogP) is 2.11. The second-order valence-electron chi connectivity index (χ2n) is 3.37. The summed E-state index contributed by atoms with van der Waals surface area (Å²) >= 11 is 0. The summed E-state index contributed by atoms with van der Waals surface area (Å²) in [5.74, 6) is -0.0807. The zero-order valence-electron chi connectivity index (χ0n) is 9.47. The van der Waals surface area contributed by atoms with Gasteiger partial charge in [-0.1, -0.05) is 19.8 Å². The van der Waals surface area contributed by atoms with Crippen molar-refractivity contribution in [2.45, 2.75) is 46.0 Å². The summed E-state index contributed by atoms with van der Waals surface area (Å²) < 4.78 is 4.82. The van der Waals surface area contributed by atoms with Gasteiger partial charge in [-0.15, -0.1) is 0 Å². The molecule has 0 unspecified atom stereocenters. The van der Waals surface area contributed by atoms with Crippen molar-refractivity contribution in [1.82, 2.24) is 5.32 Å². The average molecular weight is 201 g/mol. The standard InChI is InChI=1S/C11H23NO2/c1-3-5-6-9-12-10-7-8-11(13)14-4-2/h12H,3-10H2,1-2H3. The third kappa shape index (κ3) is 9.52. The molecule has 0 heterocycles. The van der Waals surface area contributed by atoms with E-state index in [2.05, 4.69) is 12.2 Å². The third-order valence-corrected chi connectivity index (χ3v) is 2.00. The molecule has 0 aromatic carbocycles. The molecule has 0 atom stereocenters. The molecule has 0 radical (unpaired) electrons. The normalized spacial score (nSPS) is 10.1. The van der Waals surface area contributed by atoms with Gasteiger partial charge in [0.15, 0.2) is 0 Å². The zero-order chi connectivity index (χ0) is 10.6. The molecule has 0 spiro atoms. The second kappa shape index (κ2) is 10.5. The van der Waals surface area contributed by atoms with Gasteiger partial charge in [-0.05, 0) is 32.9 Å². The SMILES string of the molecule is CCCCCNCCCC(=O)OCC. The maximum atomic E-state index is 10.9. The van der Waals surface area contributed by atoms with Crippen LogP contribution < -0.4 is 5.32 Å². The molecule has 3 nitrogen and oxygen atoms in total. The van der Waals surface area contributed by atoms with Crippen molar-refractivity contribution >= 4 is 5.97 Å². The van der Waals surface area contributed by atoms with Crippen molar-refractivity contribution in [3.05, 3.63) is 0 Å². The van der Waals surface area contributed by atoms with Crippen LogP contribution in [0.4, 0.5) is 0 Å². The van der Waals surface area contributed by atoms with Crippen LogP contribution in [-0.2, 0) is 9.53 Å². The molecule has 0 bridgehead atoms. The first-order valence-corrected chi connectivity index (χ1v) is 5.67. The van der Waals surface area contributed by atoms with Crippen molar-refractivity contribution in [2.75, 3.05) is 19.7 Å². The van der Waals surface area contributed by atoms with Crippen LogP contribution in [0.5, 0.6) is 0 Å². The maximum absolute atomic E-state index is 10.9. The number of ether oxygens (including phenoxy) is 1. The van der Waals surface area contributed by atoms with Crippen LogP contribution in [0.2, 0.25) is 0 Å². The number of esters is 1. The Morgan fingerprint density at radius 2 is 1.86 bits per heavy atom. The van der Waals surface area contributed by atoms with Crippen molar-refractivity contribution < 1.29 is 9.53 Å². The Morgan fingerprint density at radius 3 is 2.50 bits per heavy atom. The summed E-state index contributed by atoms with van der Waals surface area (Å²) in [6, 6.07) is 0. The number of hydrogen-bond acceptors (Lipinski definition) is 3. The van der Waals surface area contributed by atoms with Crippen LogP contribution in [0.25, 0.3) is 0 Å². The Balaban J connectivity index is 3.01. The molecule has 84 valence electrons. The number of nitrogens with one attached hydrogen (secondary N) is 1. The van der Waals surface area contributed by atoms with Crippen LogP contribution in [0.15, 0.2) is 0 Å². The van der Waals surface area contributed by atoms with Gasteiger partial charge in [-0.2, -0.15) is 0 Å². The molecule has 3 heteroatoms. The summed E-state index contributed by atoms with van der Waals surface area (Å²) in [5, 5.41) is 3.31. The highest BCUT2D eigenvalue weighted by Gasteiger charge is 1.99. The molecule has 0 aromatic heterocycles. The molecule has 0 fully saturated rings. The lowest BCUT2D eigenvalue weighted by Gasteiger charge is -2.03. The number of unbranched alkanes of at least 4 members (excludes halogenated alkanes) is 2. The summed E-state index contributed by atoms with van der Waals surface area (Å²) in [6.07, 6.45) is 5.19. The fraction of sp³-hybridized carbons (Fsp3) is 0.909. The summed E-state index contributed by atoms with van der Waals surface area (Å²) in [7, 11) is 0. The second-order valence-corrected chi connectivity index (χ2v) is 3.37. The highest BCUT2D eigenvalue weighted by Crippen LogP contribution is 1.93. The Hall–Kier alpha value is -0.570. The molecular weight excluding hydrogens is 178 g/mol. The zero-order valence-corrected chi connectivity index (χ0v) is 9.47. The Kier molecular flexibility index (Phi) is 10.1. The monoisotopic (exact) mass is 201 g/mol. The first kappa shape index (κ1) is 13.4. The smallest absolute Gasteiger partial charge is 0.305 e. The fourth-order valence-corrected chi connectivity index (χ4v) is 1.22. The van der Waals surface area contributed by atoms with E-state index >= 15 is 0 Å². The van der Waals surface area contributed by atoms with E-state index in [4.69, 9.17) is 4.74 Å². The maximum Gasteiger partial charge on any atom is 0.305 e. The molecule has 1 N–H and O–H groups in total. The van der Waals surface area contributed by atoms with E-state index in [1.54, 1.807) is 0 Å². The number of rotatable bonds is 9. The van der Waals surface area contributed by atoms with E-state index < -0.39 is 0 Å². The van der Waals surface area contributed by atoms with E-state index in [0.29, 0.717) is 13.0 Å². The van der Waals surface area contributed by atoms with Crippen molar-refractivity contribution in [3.63, 3.8) is 0 Å². The van der Waals surface area contributed by atoms with Crippen LogP contribution in [-0.4, -0.2) is 25.7 Å².